The highest BCUT2D eigenvalue weighted by Crippen LogP contribution is 2.32. The fraction of sp³-hybridized carbons (Fsp3) is 0.818. The molecule has 1 aliphatic rings. The van der Waals surface area contributed by atoms with Crippen molar-refractivity contribution in [2.24, 2.45) is 13.0 Å². The van der Waals surface area contributed by atoms with Crippen LogP contribution in [0.15, 0.2) is 0 Å². The lowest BCUT2D eigenvalue weighted by atomic mass is 9.78. The van der Waals surface area contributed by atoms with Gasteiger partial charge < -0.3 is 4.74 Å². The van der Waals surface area contributed by atoms with Gasteiger partial charge in [-0.15, -0.1) is 10.2 Å². The molecular formula is C11H18N4O2. The maximum absolute atomic E-state index is 11.7. The second-order valence-corrected chi connectivity index (χ2v) is 4.53. The Labute approximate surface area is 100 Å². The van der Waals surface area contributed by atoms with E-state index in [1.807, 2.05) is 6.92 Å². The first-order valence-corrected chi connectivity index (χ1v) is 6.03. The van der Waals surface area contributed by atoms with Gasteiger partial charge in [0, 0.05) is 13.0 Å². The molecule has 1 aliphatic carbocycles. The van der Waals surface area contributed by atoms with Gasteiger partial charge in [-0.05, 0) is 30.9 Å². The van der Waals surface area contributed by atoms with Crippen molar-refractivity contribution < 1.29 is 9.53 Å². The van der Waals surface area contributed by atoms with Crippen molar-refractivity contribution in [2.45, 2.75) is 38.7 Å². The smallest absolute Gasteiger partial charge is 0.182 e. The Balaban J connectivity index is 1.69. The number of nitrogens with zero attached hydrogens (tertiary/aromatic N) is 4. The number of hydrogen-bond donors (Lipinski definition) is 0. The molecule has 17 heavy (non-hydrogen) atoms. The molecule has 0 spiro atoms. The van der Waals surface area contributed by atoms with Crippen molar-refractivity contribution >= 4 is 5.78 Å². The fourth-order valence-corrected chi connectivity index (χ4v) is 2.18. The van der Waals surface area contributed by atoms with Gasteiger partial charge in [-0.1, -0.05) is 0 Å². The summed E-state index contributed by atoms with van der Waals surface area (Å²) < 4.78 is 5.46. The Hall–Kier alpha value is -1.30. The summed E-state index contributed by atoms with van der Waals surface area (Å²) in [5.74, 6) is 1.19. The number of carbonyl (C=O) groups is 1. The molecule has 0 N–H and O–H groups in total. The van der Waals surface area contributed by atoms with Gasteiger partial charge in [0.05, 0.1) is 19.6 Å². The van der Waals surface area contributed by atoms with Crippen LogP contribution in [0.1, 0.15) is 32.0 Å². The summed E-state index contributed by atoms with van der Waals surface area (Å²) in [6.45, 7) is 2.76. The van der Waals surface area contributed by atoms with Crippen molar-refractivity contribution in [1.29, 1.82) is 0 Å². The summed E-state index contributed by atoms with van der Waals surface area (Å²) in [4.78, 5) is 13.1. The highest BCUT2D eigenvalue weighted by molar-refractivity contribution is 5.80. The van der Waals surface area contributed by atoms with Crippen LogP contribution < -0.4 is 0 Å². The SMILES string of the molecule is CCOC1CC(CC(=O)Cc2nnn(C)n2)C1. The lowest BCUT2D eigenvalue weighted by Crippen LogP contribution is -2.33. The van der Waals surface area contributed by atoms with Gasteiger partial charge in [-0.3, -0.25) is 4.79 Å². The van der Waals surface area contributed by atoms with Gasteiger partial charge in [-0.2, -0.15) is 4.80 Å². The van der Waals surface area contributed by atoms with Crippen LogP contribution in [-0.4, -0.2) is 38.7 Å². The molecule has 1 saturated carbocycles. The van der Waals surface area contributed by atoms with Crippen LogP contribution in [0.25, 0.3) is 0 Å². The van der Waals surface area contributed by atoms with Crippen molar-refractivity contribution in [3.8, 4) is 0 Å². The van der Waals surface area contributed by atoms with E-state index >= 15 is 0 Å². The van der Waals surface area contributed by atoms with Crippen LogP contribution in [0.3, 0.4) is 0 Å². The van der Waals surface area contributed by atoms with E-state index in [4.69, 9.17) is 4.74 Å². The second kappa shape index (κ2) is 5.35. The molecule has 0 aliphatic heterocycles. The molecule has 0 aromatic carbocycles. The van der Waals surface area contributed by atoms with E-state index in [1.54, 1.807) is 7.05 Å². The van der Waals surface area contributed by atoms with Gasteiger partial charge >= 0.3 is 0 Å². The minimum atomic E-state index is 0.193. The number of hydrogen-bond acceptors (Lipinski definition) is 5. The molecule has 0 bridgehead atoms. The molecule has 94 valence electrons. The van der Waals surface area contributed by atoms with E-state index in [-0.39, 0.29) is 5.78 Å². The van der Waals surface area contributed by atoms with Crippen molar-refractivity contribution in [3.05, 3.63) is 5.82 Å². The predicted molar refractivity (Wildman–Crippen MR) is 60.3 cm³/mol. The molecule has 2 rings (SSSR count). The zero-order valence-corrected chi connectivity index (χ0v) is 10.3. The molecule has 1 heterocycles. The van der Waals surface area contributed by atoms with Crippen LogP contribution in [0.5, 0.6) is 0 Å². The van der Waals surface area contributed by atoms with E-state index in [1.165, 1.54) is 4.80 Å². The van der Waals surface area contributed by atoms with E-state index < -0.39 is 0 Å². The van der Waals surface area contributed by atoms with E-state index in [0.717, 1.165) is 19.4 Å². The summed E-state index contributed by atoms with van der Waals surface area (Å²) in [5, 5.41) is 11.5. The number of tetrazole rings is 1. The van der Waals surface area contributed by atoms with Crippen LogP contribution in [-0.2, 0) is 23.0 Å². The molecular weight excluding hydrogens is 220 g/mol. The standard InChI is InChI=1S/C11H18N4O2/c1-3-17-10-5-8(6-10)4-9(16)7-11-12-14-15(2)13-11/h8,10H,3-7H2,1-2H3. The lowest BCUT2D eigenvalue weighted by molar-refractivity contribution is -0.121. The Morgan fingerprint density at radius 2 is 2.29 bits per heavy atom. The van der Waals surface area contributed by atoms with Crippen molar-refractivity contribution in [3.63, 3.8) is 0 Å². The monoisotopic (exact) mass is 238 g/mol. The number of rotatable bonds is 6. The quantitative estimate of drug-likeness (QED) is 0.723. The highest BCUT2D eigenvalue weighted by atomic mass is 16.5. The first kappa shape index (κ1) is 12.2. The minimum absolute atomic E-state index is 0.193. The van der Waals surface area contributed by atoms with E-state index in [2.05, 4.69) is 15.4 Å². The van der Waals surface area contributed by atoms with Crippen LogP contribution in [0.2, 0.25) is 0 Å². The predicted octanol–water partition coefficient (Wildman–Crippen LogP) is 0.527. The first-order chi connectivity index (χ1) is 8.17. The summed E-state index contributed by atoms with van der Waals surface area (Å²) in [7, 11) is 1.69. The summed E-state index contributed by atoms with van der Waals surface area (Å²) >= 11 is 0. The van der Waals surface area contributed by atoms with E-state index in [0.29, 0.717) is 30.7 Å². The molecule has 0 atom stereocenters. The normalized spacial score (nSPS) is 23.4. The minimum Gasteiger partial charge on any atom is -0.378 e. The molecule has 6 heteroatoms. The summed E-state index contributed by atoms with van der Waals surface area (Å²) in [5.41, 5.74) is 0. The van der Waals surface area contributed by atoms with Crippen LogP contribution >= 0.6 is 0 Å². The highest BCUT2D eigenvalue weighted by Gasteiger charge is 2.31. The number of carbonyl (C=O) groups excluding carboxylic acids is 1. The molecule has 1 fully saturated rings. The number of ketones is 1. The largest absolute Gasteiger partial charge is 0.378 e. The number of aryl methyl sites for hydroxylation is 1. The van der Waals surface area contributed by atoms with Gasteiger partial charge in [0.15, 0.2) is 5.82 Å². The average molecular weight is 238 g/mol. The Bertz CT molecular complexity index is 385. The molecule has 0 saturated heterocycles. The summed E-state index contributed by atoms with van der Waals surface area (Å²) in [6.07, 6.45) is 3.29. The second-order valence-electron chi connectivity index (χ2n) is 4.53. The number of Topliss-reactive ketones (excluding diaryl/α,β-unsaturated/α-hetero) is 1. The first-order valence-electron chi connectivity index (χ1n) is 6.03. The van der Waals surface area contributed by atoms with Gasteiger partial charge in [-0.25, -0.2) is 0 Å². The molecule has 1 aromatic heterocycles. The third-order valence-electron chi connectivity index (χ3n) is 3.02. The van der Waals surface area contributed by atoms with Gasteiger partial charge in [0.1, 0.15) is 5.78 Å². The van der Waals surface area contributed by atoms with Gasteiger partial charge in [0.2, 0.25) is 0 Å². The van der Waals surface area contributed by atoms with Crippen molar-refractivity contribution in [1.82, 2.24) is 20.2 Å². The molecule has 0 radical (unpaired) electrons. The molecule has 1 aromatic rings. The topological polar surface area (TPSA) is 69.9 Å². The maximum Gasteiger partial charge on any atom is 0.182 e. The Morgan fingerprint density at radius 3 is 2.88 bits per heavy atom. The molecule has 6 nitrogen and oxygen atoms in total. The lowest BCUT2D eigenvalue weighted by Gasteiger charge is -2.34. The van der Waals surface area contributed by atoms with Gasteiger partial charge in [0.25, 0.3) is 0 Å². The Kier molecular flexibility index (Phi) is 3.83. The number of ether oxygens (including phenoxy) is 1. The average Bonchev–Trinajstić information content (AvgIpc) is 2.61. The molecule has 0 amide bonds. The zero-order chi connectivity index (χ0) is 12.3. The fourth-order valence-electron chi connectivity index (χ4n) is 2.18. The zero-order valence-electron chi connectivity index (χ0n) is 10.3. The Morgan fingerprint density at radius 1 is 1.53 bits per heavy atom. The number of aromatic nitrogens is 4. The van der Waals surface area contributed by atoms with Crippen LogP contribution in [0, 0.1) is 5.92 Å². The maximum atomic E-state index is 11.7. The third kappa shape index (κ3) is 3.33. The van der Waals surface area contributed by atoms with Crippen LogP contribution in [0.4, 0.5) is 0 Å². The van der Waals surface area contributed by atoms with Crippen molar-refractivity contribution in [2.75, 3.05) is 6.61 Å². The molecule has 0 unspecified atom stereocenters. The van der Waals surface area contributed by atoms with E-state index in [9.17, 15) is 4.79 Å². The third-order valence-corrected chi connectivity index (χ3v) is 3.02. The summed E-state index contributed by atoms with van der Waals surface area (Å²) in [6, 6.07) is 0.